The number of methoxy groups -OCH3 is 1. The molecule has 0 spiro atoms. The number of aryl methyl sites for hydroxylation is 2. The molecule has 1 heterocycles. The van der Waals surface area contributed by atoms with Crippen LogP contribution in [0.15, 0.2) is 47.8 Å². The van der Waals surface area contributed by atoms with Crippen LogP contribution >= 0.6 is 11.3 Å². The van der Waals surface area contributed by atoms with Gasteiger partial charge in [-0.15, -0.1) is 11.3 Å². The van der Waals surface area contributed by atoms with Crippen molar-refractivity contribution in [2.75, 3.05) is 17.7 Å². The maximum Gasteiger partial charge on any atom is 0.325 e. The fourth-order valence-corrected chi connectivity index (χ4v) is 3.01. The third-order valence-electron chi connectivity index (χ3n) is 3.88. The molecule has 0 aliphatic heterocycles. The lowest BCUT2D eigenvalue weighted by atomic mass is 10.1. The third-order valence-corrected chi connectivity index (χ3v) is 4.63. The second kappa shape index (κ2) is 7.36. The summed E-state index contributed by atoms with van der Waals surface area (Å²) in [6.45, 7) is 4.16. The van der Waals surface area contributed by atoms with Gasteiger partial charge in [-0.1, -0.05) is 12.1 Å². The van der Waals surface area contributed by atoms with Gasteiger partial charge < -0.3 is 10.1 Å². The van der Waals surface area contributed by atoms with Crippen LogP contribution < -0.4 is 15.4 Å². The number of carbonyl (C=O) groups excluding carboxylic acids is 1. The molecule has 2 aromatic carbocycles. The number of thiazole rings is 1. The number of aromatic nitrogens is 1. The summed E-state index contributed by atoms with van der Waals surface area (Å²) in [5, 5.41) is 8.02. The van der Waals surface area contributed by atoms with Crippen molar-refractivity contribution in [1.29, 1.82) is 0 Å². The SMILES string of the molecule is COc1ccc(NC(=O)Nc2nc(-c3ccc(C)c(C)c3)cs2)cc1. The van der Waals surface area contributed by atoms with Gasteiger partial charge in [-0.2, -0.15) is 0 Å². The number of nitrogens with one attached hydrogen (secondary N) is 2. The molecule has 25 heavy (non-hydrogen) atoms. The number of ether oxygens (including phenoxy) is 1. The average Bonchev–Trinajstić information content (AvgIpc) is 3.06. The summed E-state index contributed by atoms with van der Waals surface area (Å²) in [7, 11) is 1.60. The van der Waals surface area contributed by atoms with E-state index in [0.717, 1.165) is 17.0 Å². The molecule has 3 aromatic rings. The zero-order chi connectivity index (χ0) is 17.8. The van der Waals surface area contributed by atoms with Crippen LogP contribution in [-0.2, 0) is 0 Å². The lowest BCUT2D eigenvalue weighted by Crippen LogP contribution is -2.19. The van der Waals surface area contributed by atoms with Crippen molar-refractivity contribution < 1.29 is 9.53 Å². The summed E-state index contributed by atoms with van der Waals surface area (Å²) >= 11 is 1.40. The summed E-state index contributed by atoms with van der Waals surface area (Å²) in [5.41, 5.74) is 5.05. The zero-order valence-electron chi connectivity index (χ0n) is 14.3. The Hall–Kier alpha value is -2.86. The fourth-order valence-electron chi connectivity index (χ4n) is 2.30. The first kappa shape index (κ1) is 17.0. The highest BCUT2D eigenvalue weighted by Gasteiger charge is 2.09. The number of urea groups is 1. The van der Waals surface area contributed by atoms with Gasteiger partial charge in [-0.3, -0.25) is 5.32 Å². The molecule has 0 saturated heterocycles. The van der Waals surface area contributed by atoms with Crippen molar-refractivity contribution in [3.63, 3.8) is 0 Å². The van der Waals surface area contributed by atoms with Crippen LogP contribution in [0.25, 0.3) is 11.3 Å². The van der Waals surface area contributed by atoms with Crippen LogP contribution in [0.4, 0.5) is 15.6 Å². The van der Waals surface area contributed by atoms with Crippen LogP contribution in [-0.4, -0.2) is 18.1 Å². The number of carbonyl (C=O) groups is 1. The number of rotatable bonds is 4. The van der Waals surface area contributed by atoms with Crippen molar-refractivity contribution in [3.8, 4) is 17.0 Å². The van der Waals surface area contributed by atoms with Gasteiger partial charge in [0, 0.05) is 16.6 Å². The van der Waals surface area contributed by atoms with Crippen LogP contribution in [0.2, 0.25) is 0 Å². The van der Waals surface area contributed by atoms with Gasteiger partial charge in [-0.05, 0) is 55.3 Å². The lowest BCUT2D eigenvalue weighted by Gasteiger charge is -2.06. The normalized spacial score (nSPS) is 10.4. The minimum absolute atomic E-state index is 0.328. The minimum Gasteiger partial charge on any atom is -0.497 e. The Kier molecular flexibility index (Phi) is 5.00. The maximum absolute atomic E-state index is 12.1. The molecule has 0 atom stereocenters. The van der Waals surface area contributed by atoms with E-state index in [1.54, 1.807) is 31.4 Å². The smallest absolute Gasteiger partial charge is 0.325 e. The predicted molar refractivity (Wildman–Crippen MR) is 103 cm³/mol. The van der Waals surface area contributed by atoms with Crippen LogP contribution in [0.3, 0.4) is 0 Å². The van der Waals surface area contributed by atoms with E-state index in [9.17, 15) is 4.79 Å². The van der Waals surface area contributed by atoms with Gasteiger partial charge in [-0.25, -0.2) is 9.78 Å². The van der Waals surface area contributed by atoms with E-state index in [1.807, 2.05) is 11.4 Å². The first-order valence-corrected chi connectivity index (χ1v) is 8.68. The molecule has 0 radical (unpaired) electrons. The molecule has 2 amide bonds. The lowest BCUT2D eigenvalue weighted by molar-refractivity contribution is 0.262. The first-order chi connectivity index (χ1) is 12.0. The van der Waals surface area contributed by atoms with Crippen LogP contribution in [0.5, 0.6) is 5.75 Å². The highest BCUT2D eigenvalue weighted by atomic mass is 32.1. The van der Waals surface area contributed by atoms with Crippen molar-refractivity contribution in [1.82, 2.24) is 4.98 Å². The minimum atomic E-state index is -0.328. The summed E-state index contributed by atoms with van der Waals surface area (Å²) < 4.78 is 5.09. The number of anilines is 2. The van der Waals surface area contributed by atoms with Crippen LogP contribution in [0.1, 0.15) is 11.1 Å². The molecular formula is C19H19N3O2S. The van der Waals surface area contributed by atoms with Crippen molar-refractivity contribution >= 4 is 28.2 Å². The monoisotopic (exact) mass is 353 g/mol. The number of hydrogen-bond acceptors (Lipinski definition) is 4. The first-order valence-electron chi connectivity index (χ1n) is 7.80. The van der Waals surface area contributed by atoms with Crippen LogP contribution in [0, 0.1) is 13.8 Å². The highest BCUT2D eigenvalue weighted by Crippen LogP contribution is 2.26. The van der Waals surface area contributed by atoms with E-state index in [0.29, 0.717) is 10.8 Å². The number of benzene rings is 2. The predicted octanol–water partition coefficient (Wildman–Crippen LogP) is 5.08. The Labute approximate surface area is 150 Å². The molecule has 3 rings (SSSR count). The number of amides is 2. The molecular weight excluding hydrogens is 334 g/mol. The summed E-state index contributed by atoms with van der Waals surface area (Å²) in [4.78, 5) is 16.6. The van der Waals surface area contributed by atoms with E-state index < -0.39 is 0 Å². The second-order valence-corrected chi connectivity index (χ2v) is 6.50. The Balaban J connectivity index is 1.65. The van der Waals surface area contributed by atoms with Gasteiger partial charge in [0.05, 0.1) is 12.8 Å². The molecule has 0 unspecified atom stereocenters. The van der Waals surface area contributed by atoms with E-state index in [4.69, 9.17) is 4.74 Å². The molecule has 0 saturated carbocycles. The molecule has 128 valence electrons. The van der Waals surface area contributed by atoms with E-state index in [1.165, 1.54) is 22.5 Å². The zero-order valence-corrected chi connectivity index (χ0v) is 15.1. The Morgan fingerprint density at radius 3 is 2.48 bits per heavy atom. The molecule has 0 bridgehead atoms. The van der Waals surface area contributed by atoms with Gasteiger partial charge in [0.15, 0.2) is 5.13 Å². The Bertz CT molecular complexity index is 888. The molecule has 5 nitrogen and oxygen atoms in total. The van der Waals surface area contributed by atoms with E-state index >= 15 is 0 Å². The van der Waals surface area contributed by atoms with Crippen molar-refractivity contribution in [3.05, 3.63) is 59.0 Å². The molecule has 0 aliphatic rings. The third kappa shape index (κ3) is 4.16. The van der Waals surface area contributed by atoms with Gasteiger partial charge in [0.2, 0.25) is 0 Å². The number of hydrogen-bond donors (Lipinski definition) is 2. The average molecular weight is 353 g/mol. The molecule has 2 N–H and O–H groups in total. The molecule has 6 heteroatoms. The fraction of sp³-hybridized carbons (Fsp3) is 0.158. The van der Waals surface area contributed by atoms with Gasteiger partial charge in [0.1, 0.15) is 5.75 Å². The molecule has 1 aromatic heterocycles. The maximum atomic E-state index is 12.1. The van der Waals surface area contributed by atoms with Gasteiger partial charge >= 0.3 is 6.03 Å². The van der Waals surface area contributed by atoms with E-state index in [2.05, 4.69) is 41.6 Å². The largest absolute Gasteiger partial charge is 0.497 e. The molecule has 0 fully saturated rings. The second-order valence-electron chi connectivity index (χ2n) is 5.64. The van der Waals surface area contributed by atoms with Crippen molar-refractivity contribution in [2.45, 2.75) is 13.8 Å². The standard InChI is InChI=1S/C19H19N3O2S/c1-12-4-5-14(10-13(12)2)17-11-25-19(21-17)22-18(23)20-15-6-8-16(24-3)9-7-15/h4-11H,1-3H3,(H2,20,21,22,23). The highest BCUT2D eigenvalue weighted by molar-refractivity contribution is 7.14. The van der Waals surface area contributed by atoms with Gasteiger partial charge in [0.25, 0.3) is 0 Å². The quantitative estimate of drug-likeness (QED) is 0.687. The number of nitrogens with zero attached hydrogens (tertiary/aromatic N) is 1. The topological polar surface area (TPSA) is 63.2 Å². The Morgan fingerprint density at radius 2 is 1.80 bits per heavy atom. The van der Waals surface area contributed by atoms with E-state index in [-0.39, 0.29) is 6.03 Å². The summed E-state index contributed by atoms with van der Waals surface area (Å²) in [6, 6.07) is 13.0. The summed E-state index contributed by atoms with van der Waals surface area (Å²) in [6.07, 6.45) is 0. The van der Waals surface area contributed by atoms with Crippen molar-refractivity contribution in [2.24, 2.45) is 0 Å². The molecule has 0 aliphatic carbocycles. The Morgan fingerprint density at radius 1 is 1.04 bits per heavy atom. The summed E-state index contributed by atoms with van der Waals surface area (Å²) in [5.74, 6) is 0.740.